The quantitative estimate of drug-likeness (QED) is 0.865. The van der Waals surface area contributed by atoms with Gasteiger partial charge in [-0.3, -0.25) is 14.5 Å². The van der Waals surface area contributed by atoms with Crippen LogP contribution in [0.4, 0.5) is 5.82 Å². The normalized spacial score (nSPS) is 10.4. The zero-order valence-corrected chi connectivity index (χ0v) is 10.9. The highest BCUT2D eigenvalue weighted by Crippen LogP contribution is 2.15. The van der Waals surface area contributed by atoms with Gasteiger partial charge in [0.15, 0.2) is 0 Å². The molecule has 18 heavy (non-hydrogen) atoms. The molecule has 1 N–H and O–H groups in total. The van der Waals surface area contributed by atoms with Crippen molar-refractivity contribution in [3.8, 4) is 0 Å². The molecular weight excluding hydrogens is 232 g/mol. The molecule has 0 unspecified atom stereocenters. The lowest BCUT2D eigenvalue weighted by Gasteiger charge is -2.23. The number of rotatable bonds is 5. The molecular formula is C13H18N2O3. The van der Waals surface area contributed by atoms with Crippen molar-refractivity contribution < 1.29 is 14.7 Å². The Balaban J connectivity index is 2.92. The topological polar surface area (TPSA) is 70.5 Å². The minimum absolute atomic E-state index is 0.0893. The third-order valence-corrected chi connectivity index (χ3v) is 2.48. The smallest absolute Gasteiger partial charge is 0.305 e. The number of hydrogen-bond acceptors (Lipinski definition) is 3. The molecule has 1 rings (SSSR count). The van der Waals surface area contributed by atoms with Crippen molar-refractivity contribution in [2.75, 3.05) is 11.4 Å². The van der Waals surface area contributed by atoms with E-state index in [0.29, 0.717) is 5.82 Å². The minimum Gasteiger partial charge on any atom is -0.481 e. The molecule has 0 saturated carbocycles. The third-order valence-electron chi connectivity index (χ3n) is 2.48. The molecule has 0 aromatic carbocycles. The van der Waals surface area contributed by atoms with Gasteiger partial charge in [0.05, 0.1) is 6.42 Å². The summed E-state index contributed by atoms with van der Waals surface area (Å²) in [6.45, 7) is 5.61. The van der Waals surface area contributed by atoms with Crippen molar-refractivity contribution in [3.63, 3.8) is 0 Å². The summed E-state index contributed by atoms with van der Waals surface area (Å²) in [7, 11) is 0. The Bertz CT molecular complexity index is 426. The number of hydrogen-bond donors (Lipinski definition) is 1. The van der Waals surface area contributed by atoms with Gasteiger partial charge in [0.1, 0.15) is 5.82 Å². The Labute approximate surface area is 106 Å². The first-order chi connectivity index (χ1) is 8.41. The second-order valence-corrected chi connectivity index (χ2v) is 4.48. The van der Waals surface area contributed by atoms with Crippen LogP contribution in [0.25, 0.3) is 0 Å². The molecule has 0 atom stereocenters. The molecule has 5 heteroatoms. The lowest BCUT2D eigenvalue weighted by atomic mass is 10.2. The Hall–Kier alpha value is -1.91. The number of aliphatic carboxylic acids is 1. The molecule has 0 bridgehead atoms. The van der Waals surface area contributed by atoms with E-state index in [1.54, 1.807) is 26.1 Å². The van der Waals surface area contributed by atoms with Crippen LogP contribution >= 0.6 is 0 Å². The number of nitrogens with zero attached hydrogens (tertiary/aromatic N) is 2. The summed E-state index contributed by atoms with van der Waals surface area (Å²) in [4.78, 5) is 28.3. The van der Waals surface area contributed by atoms with Crippen molar-refractivity contribution in [2.24, 2.45) is 5.92 Å². The fraction of sp³-hybridized carbons (Fsp3) is 0.462. The molecule has 0 fully saturated rings. The number of aromatic nitrogens is 1. The molecule has 0 radical (unpaired) electrons. The first-order valence-corrected chi connectivity index (χ1v) is 5.87. The van der Waals surface area contributed by atoms with E-state index < -0.39 is 5.97 Å². The summed E-state index contributed by atoms with van der Waals surface area (Å²) in [6, 6.07) is 3.58. The van der Waals surface area contributed by atoms with E-state index in [9.17, 15) is 9.59 Å². The molecule has 0 spiro atoms. The average molecular weight is 250 g/mol. The Morgan fingerprint density at radius 3 is 2.50 bits per heavy atom. The van der Waals surface area contributed by atoms with Crippen molar-refractivity contribution in [2.45, 2.75) is 27.2 Å². The van der Waals surface area contributed by atoms with Gasteiger partial charge in [0.2, 0.25) is 5.91 Å². The predicted molar refractivity (Wildman–Crippen MR) is 68.4 cm³/mol. The molecule has 0 aliphatic carbocycles. The van der Waals surface area contributed by atoms with E-state index in [1.807, 2.05) is 13.0 Å². The summed E-state index contributed by atoms with van der Waals surface area (Å²) in [6.07, 6.45) is 1.57. The highest BCUT2D eigenvalue weighted by atomic mass is 16.4. The number of carboxylic acids is 1. The number of carbonyl (C=O) groups excluding carboxylic acids is 1. The van der Waals surface area contributed by atoms with E-state index in [-0.39, 0.29) is 24.8 Å². The van der Waals surface area contributed by atoms with Crippen LogP contribution in [0.5, 0.6) is 0 Å². The summed E-state index contributed by atoms with van der Waals surface area (Å²) < 4.78 is 0. The lowest BCUT2D eigenvalue weighted by Crippen LogP contribution is -2.36. The van der Waals surface area contributed by atoms with Crippen molar-refractivity contribution >= 4 is 17.7 Å². The van der Waals surface area contributed by atoms with E-state index >= 15 is 0 Å². The highest BCUT2D eigenvalue weighted by molar-refractivity contribution is 5.94. The third kappa shape index (κ3) is 3.84. The fourth-order valence-corrected chi connectivity index (χ4v) is 1.48. The number of aryl methyl sites for hydroxylation is 1. The van der Waals surface area contributed by atoms with E-state index in [4.69, 9.17) is 5.11 Å². The molecule has 1 aromatic rings. The predicted octanol–water partition coefficient (Wildman–Crippen LogP) is 1.85. The van der Waals surface area contributed by atoms with Gasteiger partial charge in [0.25, 0.3) is 0 Å². The summed E-state index contributed by atoms with van der Waals surface area (Å²) >= 11 is 0. The zero-order valence-electron chi connectivity index (χ0n) is 10.9. The second kappa shape index (κ2) is 6.14. The van der Waals surface area contributed by atoms with E-state index in [0.717, 1.165) is 5.56 Å². The summed E-state index contributed by atoms with van der Waals surface area (Å²) in [5.41, 5.74) is 0.994. The number of carbonyl (C=O) groups is 2. The van der Waals surface area contributed by atoms with Crippen LogP contribution in [0.15, 0.2) is 18.3 Å². The van der Waals surface area contributed by atoms with Crippen molar-refractivity contribution in [3.05, 3.63) is 23.9 Å². The van der Waals surface area contributed by atoms with E-state index in [1.165, 1.54) is 4.90 Å². The Kier molecular flexibility index (Phi) is 4.83. The molecule has 98 valence electrons. The van der Waals surface area contributed by atoms with Crippen LogP contribution in [0.1, 0.15) is 25.8 Å². The van der Waals surface area contributed by atoms with Gasteiger partial charge in [-0.1, -0.05) is 19.9 Å². The standard InChI is InChI=1S/C13H18N2O3/c1-9(2)13(18)15(7-6-12(16)17)11-5-4-10(3)8-14-11/h4-5,8-9H,6-7H2,1-3H3,(H,16,17). The fourth-order valence-electron chi connectivity index (χ4n) is 1.48. The maximum atomic E-state index is 12.0. The molecule has 5 nitrogen and oxygen atoms in total. The summed E-state index contributed by atoms with van der Waals surface area (Å²) in [5, 5.41) is 8.72. The van der Waals surface area contributed by atoms with Gasteiger partial charge >= 0.3 is 5.97 Å². The maximum Gasteiger partial charge on any atom is 0.305 e. The molecule has 0 aliphatic rings. The SMILES string of the molecule is Cc1ccc(N(CCC(=O)O)C(=O)C(C)C)nc1. The van der Waals surface area contributed by atoms with Gasteiger partial charge in [-0.15, -0.1) is 0 Å². The van der Waals surface area contributed by atoms with Gasteiger partial charge < -0.3 is 5.11 Å². The average Bonchev–Trinajstić information content (AvgIpc) is 2.30. The first kappa shape index (κ1) is 14.2. The van der Waals surface area contributed by atoms with Gasteiger partial charge in [0, 0.05) is 18.7 Å². The van der Waals surface area contributed by atoms with Crippen LogP contribution in [-0.4, -0.2) is 28.5 Å². The molecule has 1 amide bonds. The minimum atomic E-state index is -0.927. The number of anilines is 1. The number of pyridine rings is 1. The van der Waals surface area contributed by atoms with Gasteiger partial charge in [-0.2, -0.15) is 0 Å². The number of carboxylic acid groups (broad SMARTS) is 1. The van der Waals surface area contributed by atoms with E-state index in [2.05, 4.69) is 4.98 Å². The monoisotopic (exact) mass is 250 g/mol. The van der Waals surface area contributed by atoms with Crippen molar-refractivity contribution in [1.29, 1.82) is 0 Å². The van der Waals surface area contributed by atoms with Gasteiger partial charge in [-0.25, -0.2) is 4.98 Å². The lowest BCUT2D eigenvalue weighted by molar-refractivity contribution is -0.136. The molecule has 0 aliphatic heterocycles. The second-order valence-electron chi connectivity index (χ2n) is 4.48. The molecule has 0 saturated heterocycles. The Morgan fingerprint density at radius 2 is 2.06 bits per heavy atom. The van der Waals surface area contributed by atoms with Crippen molar-refractivity contribution in [1.82, 2.24) is 4.98 Å². The first-order valence-electron chi connectivity index (χ1n) is 5.87. The zero-order chi connectivity index (χ0) is 13.7. The molecule has 1 heterocycles. The summed E-state index contributed by atoms with van der Waals surface area (Å²) in [5.74, 6) is -0.737. The largest absolute Gasteiger partial charge is 0.481 e. The van der Waals surface area contributed by atoms with Crippen LogP contribution < -0.4 is 4.90 Å². The van der Waals surface area contributed by atoms with Crippen LogP contribution in [0, 0.1) is 12.8 Å². The highest BCUT2D eigenvalue weighted by Gasteiger charge is 2.20. The van der Waals surface area contributed by atoms with Crippen LogP contribution in [-0.2, 0) is 9.59 Å². The Morgan fingerprint density at radius 1 is 1.39 bits per heavy atom. The number of amides is 1. The van der Waals surface area contributed by atoms with Crippen LogP contribution in [0.3, 0.4) is 0 Å². The maximum absolute atomic E-state index is 12.0. The van der Waals surface area contributed by atoms with Crippen LogP contribution in [0.2, 0.25) is 0 Å². The van der Waals surface area contributed by atoms with Gasteiger partial charge in [-0.05, 0) is 18.6 Å². The molecule has 1 aromatic heterocycles.